The van der Waals surface area contributed by atoms with Gasteiger partial charge in [-0.15, -0.1) is 0 Å². The highest BCUT2D eigenvalue weighted by Crippen LogP contribution is 2.53. The number of aromatic nitrogens is 3. The highest BCUT2D eigenvalue weighted by Gasteiger charge is 2.39. The van der Waals surface area contributed by atoms with Gasteiger partial charge in [0.25, 0.3) is 0 Å². The molecule has 300 valence electrons. The molecular formula is C59H43N3O. The van der Waals surface area contributed by atoms with Gasteiger partial charge in [0.2, 0.25) is 0 Å². The molecule has 0 radical (unpaired) electrons. The van der Waals surface area contributed by atoms with Crippen LogP contribution >= 0.6 is 0 Å². The molecule has 0 bridgehead atoms. The van der Waals surface area contributed by atoms with Crippen molar-refractivity contribution >= 4 is 60.4 Å². The molecule has 12 rings (SSSR count). The van der Waals surface area contributed by atoms with Gasteiger partial charge in [-0.2, -0.15) is 0 Å². The minimum absolute atomic E-state index is 0.290. The number of allylic oxidation sites excluding steroid dienone is 5. The third-order valence-electron chi connectivity index (χ3n) is 13.2. The van der Waals surface area contributed by atoms with Crippen LogP contribution in [0, 0.1) is 0 Å². The zero-order valence-corrected chi connectivity index (χ0v) is 35.4. The van der Waals surface area contributed by atoms with E-state index in [1.165, 1.54) is 49.7 Å². The summed E-state index contributed by atoms with van der Waals surface area (Å²) in [6.07, 6.45) is 6.43. The molecule has 0 fully saturated rings. The molecule has 0 saturated carbocycles. The summed E-state index contributed by atoms with van der Waals surface area (Å²) in [6.45, 7) is 11.1. The second-order valence-corrected chi connectivity index (χ2v) is 17.1. The number of hydrogen-bond acceptors (Lipinski definition) is 2. The second-order valence-electron chi connectivity index (χ2n) is 17.1. The van der Waals surface area contributed by atoms with Gasteiger partial charge in [-0.3, -0.25) is 4.57 Å². The zero-order valence-electron chi connectivity index (χ0n) is 35.4. The summed E-state index contributed by atoms with van der Waals surface area (Å²) < 4.78 is 12.2. The van der Waals surface area contributed by atoms with Crippen LogP contribution in [-0.2, 0) is 5.41 Å². The van der Waals surface area contributed by atoms with Crippen molar-refractivity contribution in [2.75, 3.05) is 0 Å². The van der Waals surface area contributed by atoms with Crippen LogP contribution in [0.2, 0.25) is 0 Å². The molecule has 8 aromatic carbocycles. The Bertz CT molecular complexity index is 3710. The van der Waals surface area contributed by atoms with E-state index in [9.17, 15) is 0 Å². The summed E-state index contributed by atoms with van der Waals surface area (Å²) in [7, 11) is 0. The molecule has 4 nitrogen and oxygen atoms in total. The first kappa shape index (κ1) is 36.9. The fourth-order valence-corrected chi connectivity index (χ4v) is 10.5. The molecule has 0 spiro atoms. The van der Waals surface area contributed by atoms with Gasteiger partial charge in [0.15, 0.2) is 5.58 Å². The predicted octanol–water partition coefficient (Wildman–Crippen LogP) is 15.8. The highest BCUT2D eigenvalue weighted by atomic mass is 16.3. The lowest BCUT2D eigenvalue weighted by Crippen LogP contribution is -2.17. The van der Waals surface area contributed by atoms with E-state index >= 15 is 0 Å². The minimum Gasteiger partial charge on any atom is -0.453 e. The third kappa shape index (κ3) is 5.38. The topological polar surface area (TPSA) is 35.9 Å². The molecule has 0 unspecified atom stereocenters. The average molecular weight is 810 g/mol. The Morgan fingerprint density at radius 2 is 1.21 bits per heavy atom. The number of fused-ring (bicyclic) bond motifs is 9. The lowest BCUT2D eigenvalue weighted by atomic mass is 9.80. The summed E-state index contributed by atoms with van der Waals surface area (Å²) in [5.41, 5.74) is 18.2. The van der Waals surface area contributed by atoms with Crippen LogP contribution in [0.5, 0.6) is 0 Å². The minimum atomic E-state index is -0.290. The standard InChI is InChI=1S/C59H43N3O/c1-5-18-48-41(6-2)44-34-35-45-43-23-13-15-26-50(43)62(55(45)54(44)59(48,3)4)52-28-17-24-46-53-47(58-60-49-25-14-16-27-51(49)61(58)40-21-11-8-12-22-40)36-33-42(57(53)63-56(46)52)39-31-29-38(30-32-39)37-19-9-7-10-20-37/h5-36H,2H2,1,3-4H3/b18-5-. The molecule has 4 heteroatoms. The van der Waals surface area contributed by atoms with Crippen LogP contribution in [0.1, 0.15) is 31.9 Å². The van der Waals surface area contributed by atoms with Crippen molar-refractivity contribution in [1.82, 2.24) is 14.1 Å². The van der Waals surface area contributed by atoms with Crippen molar-refractivity contribution in [2.45, 2.75) is 26.2 Å². The van der Waals surface area contributed by atoms with Crippen LogP contribution < -0.4 is 0 Å². The molecule has 3 heterocycles. The fraction of sp³-hybridized carbons (Fsp3) is 0.0678. The largest absolute Gasteiger partial charge is 0.453 e. The lowest BCUT2D eigenvalue weighted by molar-refractivity contribution is 0.656. The number of furan rings is 1. The molecule has 0 amide bonds. The molecule has 0 saturated heterocycles. The van der Waals surface area contributed by atoms with E-state index in [0.29, 0.717) is 0 Å². The number of benzene rings is 8. The first-order chi connectivity index (χ1) is 31.0. The van der Waals surface area contributed by atoms with Crippen molar-refractivity contribution < 1.29 is 4.42 Å². The lowest BCUT2D eigenvalue weighted by Gasteiger charge is -2.25. The highest BCUT2D eigenvalue weighted by molar-refractivity contribution is 6.19. The van der Waals surface area contributed by atoms with E-state index in [-0.39, 0.29) is 5.41 Å². The van der Waals surface area contributed by atoms with E-state index in [4.69, 9.17) is 9.40 Å². The van der Waals surface area contributed by atoms with Gasteiger partial charge in [-0.25, -0.2) is 4.98 Å². The van der Waals surface area contributed by atoms with Gasteiger partial charge >= 0.3 is 0 Å². The molecule has 1 aliphatic rings. The monoisotopic (exact) mass is 809 g/mol. The molecule has 3 aromatic heterocycles. The van der Waals surface area contributed by atoms with E-state index in [2.05, 4.69) is 225 Å². The van der Waals surface area contributed by atoms with Gasteiger partial charge in [-0.05, 0) is 94.4 Å². The number of nitrogens with zero attached hydrogens (tertiary/aromatic N) is 3. The van der Waals surface area contributed by atoms with Crippen LogP contribution in [0.25, 0.3) is 105 Å². The van der Waals surface area contributed by atoms with Crippen LogP contribution in [0.15, 0.2) is 211 Å². The molecule has 1 aliphatic carbocycles. The number of rotatable bonds is 7. The molecule has 0 aliphatic heterocycles. The summed E-state index contributed by atoms with van der Waals surface area (Å²) in [5, 5.41) is 4.48. The molecule has 0 N–H and O–H groups in total. The quantitative estimate of drug-likeness (QED) is 0.161. The fourth-order valence-electron chi connectivity index (χ4n) is 10.5. The Morgan fingerprint density at radius 3 is 1.98 bits per heavy atom. The Hall–Kier alpha value is -7.95. The zero-order chi connectivity index (χ0) is 42.4. The number of hydrogen-bond donors (Lipinski definition) is 0. The Balaban J connectivity index is 1.19. The van der Waals surface area contributed by atoms with E-state index < -0.39 is 0 Å². The Kier molecular flexibility index (Phi) is 8.22. The summed E-state index contributed by atoms with van der Waals surface area (Å²) in [6, 6.07) is 62.8. The second kappa shape index (κ2) is 14.1. The molecule has 63 heavy (non-hydrogen) atoms. The van der Waals surface area contributed by atoms with Crippen molar-refractivity contribution in [3.8, 4) is 45.0 Å². The van der Waals surface area contributed by atoms with Crippen molar-refractivity contribution in [1.29, 1.82) is 0 Å². The van der Waals surface area contributed by atoms with Gasteiger partial charge < -0.3 is 8.98 Å². The average Bonchev–Trinajstić information content (AvgIpc) is 4.06. The van der Waals surface area contributed by atoms with E-state index in [1.54, 1.807) is 0 Å². The van der Waals surface area contributed by atoms with Gasteiger partial charge in [-0.1, -0.05) is 166 Å². The van der Waals surface area contributed by atoms with Crippen molar-refractivity contribution in [2.24, 2.45) is 0 Å². The van der Waals surface area contributed by atoms with Crippen molar-refractivity contribution in [3.05, 3.63) is 217 Å². The maximum absolute atomic E-state index is 7.47. The Morgan fingerprint density at radius 1 is 0.556 bits per heavy atom. The predicted molar refractivity (Wildman–Crippen MR) is 264 cm³/mol. The number of imidazole rings is 1. The first-order valence-corrected chi connectivity index (χ1v) is 21.7. The van der Waals surface area contributed by atoms with E-state index in [0.717, 1.165) is 72.4 Å². The van der Waals surface area contributed by atoms with Gasteiger partial charge in [0.1, 0.15) is 11.4 Å². The molecular weight excluding hydrogens is 767 g/mol. The molecule has 11 aromatic rings. The maximum Gasteiger partial charge on any atom is 0.159 e. The first-order valence-electron chi connectivity index (χ1n) is 21.7. The number of para-hydroxylation sites is 5. The van der Waals surface area contributed by atoms with E-state index in [1.807, 2.05) is 6.08 Å². The van der Waals surface area contributed by atoms with Crippen molar-refractivity contribution in [3.63, 3.8) is 0 Å². The smallest absolute Gasteiger partial charge is 0.159 e. The summed E-state index contributed by atoms with van der Waals surface area (Å²) in [5.74, 6) is 0.863. The van der Waals surface area contributed by atoms with Crippen LogP contribution in [0.4, 0.5) is 0 Å². The summed E-state index contributed by atoms with van der Waals surface area (Å²) >= 11 is 0. The van der Waals surface area contributed by atoms with Crippen LogP contribution in [0.3, 0.4) is 0 Å². The van der Waals surface area contributed by atoms with Gasteiger partial charge in [0, 0.05) is 43.8 Å². The maximum atomic E-state index is 7.47. The SMILES string of the molecule is C=CC1=C(/C=C\C)C(C)(C)c2c1ccc1c3ccccc3n(-c3cccc4c3oc3c(-c5ccc(-c6ccccc6)cc5)ccc(-c5nc6ccccc6n5-c5ccccc5)c34)c21. The molecule has 0 atom stereocenters. The van der Waals surface area contributed by atoms with Crippen LogP contribution in [-0.4, -0.2) is 14.1 Å². The normalized spacial score (nSPS) is 13.7. The Labute approximate surface area is 366 Å². The van der Waals surface area contributed by atoms with Gasteiger partial charge in [0.05, 0.1) is 27.8 Å². The summed E-state index contributed by atoms with van der Waals surface area (Å²) in [4.78, 5) is 5.39. The third-order valence-corrected chi connectivity index (χ3v) is 13.2.